The molecule has 0 amide bonds. The minimum atomic E-state index is -0.642. The van der Waals surface area contributed by atoms with E-state index in [0.29, 0.717) is 12.5 Å². The van der Waals surface area contributed by atoms with Crippen LogP contribution in [0, 0.1) is 0 Å². The van der Waals surface area contributed by atoms with Crippen molar-refractivity contribution in [2.24, 2.45) is 0 Å². The Labute approximate surface area is 118 Å². The zero-order valence-corrected chi connectivity index (χ0v) is 12.6. The van der Waals surface area contributed by atoms with E-state index in [9.17, 15) is 4.79 Å². The first-order chi connectivity index (χ1) is 9.24. The van der Waals surface area contributed by atoms with Gasteiger partial charge in [-0.3, -0.25) is 9.69 Å². The van der Waals surface area contributed by atoms with Gasteiger partial charge in [0.1, 0.15) is 0 Å². The van der Waals surface area contributed by atoms with Crippen molar-refractivity contribution in [1.29, 1.82) is 0 Å². The standard InChI is InChI=1S/C16H31NO2/c1-2-3-4-5-6-7-9-12-17-13-10-8-11-15(17)14-16(18)19/h15H,2-14H2,1H3,(H,18,19). The summed E-state index contributed by atoms with van der Waals surface area (Å²) in [6.07, 6.45) is 13.2. The van der Waals surface area contributed by atoms with Crippen molar-refractivity contribution in [3.8, 4) is 0 Å². The molecule has 112 valence electrons. The van der Waals surface area contributed by atoms with Crippen LogP contribution in [0.15, 0.2) is 0 Å². The van der Waals surface area contributed by atoms with Gasteiger partial charge in [0.05, 0.1) is 6.42 Å². The van der Waals surface area contributed by atoms with E-state index < -0.39 is 5.97 Å². The second kappa shape index (κ2) is 10.2. The summed E-state index contributed by atoms with van der Waals surface area (Å²) >= 11 is 0. The molecule has 0 bridgehead atoms. The molecule has 1 N–H and O–H groups in total. The number of carboxylic acid groups (broad SMARTS) is 1. The maximum atomic E-state index is 10.9. The van der Waals surface area contributed by atoms with E-state index in [1.54, 1.807) is 0 Å². The third kappa shape index (κ3) is 7.56. The Hall–Kier alpha value is -0.570. The molecule has 1 atom stereocenters. The van der Waals surface area contributed by atoms with Crippen LogP contribution in [-0.2, 0) is 4.79 Å². The fraction of sp³-hybridized carbons (Fsp3) is 0.938. The Morgan fingerprint density at radius 2 is 1.79 bits per heavy atom. The molecule has 3 heteroatoms. The van der Waals surface area contributed by atoms with Gasteiger partial charge in [-0.1, -0.05) is 51.9 Å². The second-order valence-electron chi connectivity index (χ2n) is 5.90. The summed E-state index contributed by atoms with van der Waals surface area (Å²) in [5.74, 6) is -0.642. The molecule has 1 unspecified atom stereocenters. The molecule has 0 aliphatic carbocycles. The molecule has 0 aromatic rings. The highest BCUT2D eigenvalue weighted by Crippen LogP contribution is 2.20. The van der Waals surface area contributed by atoms with Gasteiger partial charge in [-0.2, -0.15) is 0 Å². The molecule has 0 aromatic carbocycles. The van der Waals surface area contributed by atoms with Crippen molar-refractivity contribution in [1.82, 2.24) is 4.90 Å². The van der Waals surface area contributed by atoms with Crippen molar-refractivity contribution in [3.05, 3.63) is 0 Å². The van der Waals surface area contributed by atoms with Crippen LogP contribution in [0.4, 0.5) is 0 Å². The number of carboxylic acids is 1. The number of rotatable bonds is 10. The smallest absolute Gasteiger partial charge is 0.304 e. The summed E-state index contributed by atoms with van der Waals surface area (Å²) in [5.41, 5.74) is 0. The van der Waals surface area contributed by atoms with Crippen LogP contribution >= 0.6 is 0 Å². The van der Waals surface area contributed by atoms with Crippen molar-refractivity contribution in [3.63, 3.8) is 0 Å². The molecule has 1 rings (SSSR count). The van der Waals surface area contributed by atoms with E-state index in [-0.39, 0.29) is 0 Å². The van der Waals surface area contributed by atoms with Crippen molar-refractivity contribution in [2.45, 2.75) is 83.6 Å². The highest BCUT2D eigenvalue weighted by atomic mass is 16.4. The summed E-state index contributed by atoms with van der Waals surface area (Å²) in [7, 11) is 0. The van der Waals surface area contributed by atoms with E-state index >= 15 is 0 Å². The summed E-state index contributed by atoms with van der Waals surface area (Å²) < 4.78 is 0. The molecule has 3 nitrogen and oxygen atoms in total. The van der Waals surface area contributed by atoms with E-state index in [1.165, 1.54) is 57.8 Å². The molecule has 1 fully saturated rings. The van der Waals surface area contributed by atoms with Gasteiger partial charge in [-0.25, -0.2) is 0 Å². The van der Waals surface area contributed by atoms with Crippen LogP contribution in [0.5, 0.6) is 0 Å². The number of hydrogen-bond donors (Lipinski definition) is 1. The highest BCUT2D eigenvalue weighted by Gasteiger charge is 2.23. The van der Waals surface area contributed by atoms with Gasteiger partial charge < -0.3 is 5.11 Å². The van der Waals surface area contributed by atoms with Gasteiger partial charge in [0, 0.05) is 6.04 Å². The topological polar surface area (TPSA) is 40.5 Å². The summed E-state index contributed by atoms with van der Waals surface area (Å²) in [6.45, 7) is 4.46. The zero-order chi connectivity index (χ0) is 13.9. The number of carbonyl (C=O) groups is 1. The van der Waals surface area contributed by atoms with Gasteiger partial charge in [0.15, 0.2) is 0 Å². The van der Waals surface area contributed by atoms with E-state index in [1.807, 2.05) is 0 Å². The molecule has 0 saturated carbocycles. The van der Waals surface area contributed by atoms with Gasteiger partial charge >= 0.3 is 5.97 Å². The summed E-state index contributed by atoms with van der Waals surface area (Å²) in [5, 5.41) is 8.95. The second-order valence-corrected chi connectivity index (χ2v) is 5.90. The van der Waals surface area contributed by atoms with Crippen LogP contribution in [0.3, 0.4) is 0 Å². The molecular weight excluding hydrogens is 238 g/mol. The highest BCUT2D eigenvalue weighted by molar-refractivity contribution is 5.67. The van der Waals surface area contributed by atoms with Gasteiger partial charge in [-0.05, 0) is 32.4 Å². The van der Waals surface area contributed by atoms with E-state index in [4.69, 9.17) is 5.11 Å². The van der Waals surface area contributed by atoms with Crippen LogP contribution < -0.4 is 0 Å². The molecule has 19 heavy (non-hydrogen) atoms. The van der Waals surface area contributed by atoms with Crippen molar-refractivity contribution >= 4 is 5.97 Å². The number of likely N-dealkylation sites (tertiary alicyclic amines) is 1. The first kappa shape index (κ1) is 16.5. The average Bonchev–Trinajstić information content (AvgIpc) is 2.39. The fourth-order valence-electron chi connectivity index (χ4n) is 3.06. The van der Waals surface area contributed by atoms with Crippen LogP contribution in [-0.4, -0.2) is 35.1 Å². The molecule has 1 saturated heterocycles. The molecule has 1 aliphatic rings. The average molecular weight is 269 g/mol. The normalized spacial score (nSPS) is 20.6. The number of piperidine rings is 1. The Morgan fingerprint density at radius 1 is 1.11 bits per heavy atom. The first-order valence-corrected chi connectivity index (χ1v) is 8.20. The number of unbranched alkanes of at least 4 members (excludes halogenated alkanes) is 6. The molecule has 0 spiro atoms. The minimum absolute atomic E-state index is 0.298. The lowest BCUT2D eigenvalue weighted by Gasteiger charge is -2.34. The lowest BCUT2D eigenvalue weighted by molar-refractivity contribution is -0.138. The minimum Gasteiger partial charge on any atom is -0.481 e. The third-order valence-corrected chi connectivity index (χ3v) is 4.21. The largest absolute Gasteiger partial charge is 0.481 e. The van der Waals surface area contributed by atoms with Crippen molar-refractivity contribution in [2.75, 3.05) is 13.1 Å². The summed E-state index contributed by atoms with van der Waals surface area (Å²) in [4.78, 5) is 13.3. The third-order valence-electron chi connectivity index (χ3n) is 4.21. The van der Waals surface area contributed by atoms with Gasteiger partial charge in [0.25, 0.3) is 0 Å². The molecular formula is C16H31NO2. The Bertz CT molecular complexity index is 243. The zero-order valence-electron chi connectivity index (χ0n) is 12.6. The quantitative estimate of drug-likeness (QED) is 0.608. The number of aliphatic carboxylic acids is 1. The molecule has 0 aromatic heterocycles. The van der Waals surface area contributed by atoms with Gasteiger partial charge in [0.2, 0.25) is 0 Å². The summed E-state index contributed by atoms with van der Waals surface area (Å²) in [6, 6.07) is 0.298. The number of hydrogen-bond acceptors (Lipinski definition) is 2. The lowest BCUT2D eigenvalue weighted by Crippen LogP contribution is -2.41. The van der Waals surface area contributed by atoms with Crippen LogP contribution in [0.25, 0.3) is 0 Å². The lowest BCUT2D eigenvalue weighted by atomic mass is 9.98. The molecule has 0 radical (unpaired) electrons. The van der Waals surface area contributed by atoms with E-state index in [0.717, 1.165) is 19.5 Å². The van der Waals surface area contributed by atoms with Crippen LogP contribution in [0.1, 0.15) is 77.6 Å². The maximum absolute atomic E-state index is 10.9. The predicted molar refractivity (Wildman–Crippen MR) is 79.5 cm³/mol. The van der Waals surface area contributed by atoms with Gasteiger partial charge in [-0.15, -0.1) is 0 Å². The van der Waals surface area contributed by atoms with E-state index in [2.05, 4.69) is 11.8 Å². The monoisotopic (exact) mass is 269 g/mol. The number of nitrogens with zero attached hydrogens (tertiary/aromatic N) is 1. The Balaban J connectivity index is 2.09. The Kier molecular flexibility index (Phi) is 8.89. The Morgan fingerprint density at radius 3 is 2.47 bits per heavy atom. The van der Waals surface area contributed by atoms with Crippen LogP contribution in [0.2, 0.25) is 0 Å². The maximum Gasteiger partial charge on any atom is 0.304 e. The molecule has 1 heterocycles. The first-order valence-electron chi connectivity index (χ1n) is 8.20. The fourth-order valence-corrected chi connectivity index (χ4v) is 3.06. The SMILES string of the molecule is CCCCCCCCCN1CCCCC1CC(=O)O. The molecule has 1 aliphatic heterocycles. The van der Waals surface area contributed by atoms with Crippen molar-refractivity contribution < 1.29 is 9.90 Å². The predicted octanol–water partition coefficient (Wildman–Crippen LogP) is 4.07.